The summed E-state index contributed by atoms with van der Waals surface area (Å²) in [5.41, 5.74) is -1.94. The van der Waals surface area contributed by atoms with Gasteiger partial charge in [0.1, 0.15) is 53.7 Å². The molecule has 0 amide bonds. The molecule has 8 rings (SSSR count). The van der Waals surface area contributed by atoms with Crippen LogP contribution in [0, 0.1) is 0 Å². The maximum atomic E-state index is 15.0. The Balaban J connectivity index is 1.24. The van der Waals surface area contributed by atoms with Crippen LogP contribution in [0.3, 0.4) is 0 Å². The molecule has 19 nitrogen and oxygen atoms in total. The first-order chi connectivity index (χ1) is 30.0. The predicted octanol–water partition coefficient (Wildman–Crippen LogP) is 1.26. The highest BCUT2D eigenvalue weighted by molar-refractivity contribution is 6.32. The number of aliphatic hydroxyl groups excluding tert-OH is 3. The maximum Gasteiger partial charge on any atom is 0.345 e. The summed E-state index contributed by atoms with van der Waals surface area (Å²) in [5.74, 6) is -3.88. The predicted molar refractivity (Wildman–Crippen MR) is 220 cm³/mol. The second kappa shape index (κ2) is 16.3. The van der Waals surface area contributed by atoms with Crippen molar-refractivity contribution in [2.45, 2.75) is 151 Å². The molecule has 5 heterocycles. The third-order valence-electron chi connectivity index (χ3n) is 13.9. The number of rotatable bonds is 9. The molecule has 16 atom stereocenters. The van der Waals surface area contributed by atoms with Crippen molar-refractivity contribution in [2.24, 2.45) is 5.73 Å². The Bertz CT molecular complexity index is 2450. The van der Waals surface area contributed by atoms with Crippen molar-refractivity contribution < 1.29 is 82.2 Å². The summed E-state index contributed by atoms with van der Waals surface area (Å²) in [6, 6.07) is 4.80. The number of aliphatic hydroxyl groups is 4. The van der Waals surface area contributed by atoms with Gasteiger partial charge in [0.25, 0.3) is 0 Å². The standard InChI is InChI=1S/C45H55NO18/c1-16-32(48)25(56-7)14-28(60-16)63-40-18(3)59-26(15-43(40,5)46)20-10-11-21-29(35(20)51)36(52)30-22(34(21)50)12-23(31-24(47)13-27(62-38(30)31)44(6)19(4)64-44)45(55,42(54)58-9)41-37(53)39(57-8)33(49)17(2)61-41/h10-13,16-19,25-26,28,32-33,37,39-41,48-49,51,53,55H,14-15,46H2,1-9H3/t16-,17-,18+,19-,25+,26-,28-,32-,33-,37+,39-,40-,41+,43+,44-,45-/m1/s1. The fourth-order valence-electron chi connectivity index (χ4n) is 10.00. The van der Waals surface area contributed by atoms with Gasteiger partial charge in [0.2, 0.25) is 11.4 Å². The van der Waals surface area contributed by atoms with Crippen LogP contribution in [0.15, 0.2) is 33.5 Å². The molecule has 5 aliphatic rings. The number of phenols is 1. The average molecular weight is 898 g/mol. The van der Waals surface area contributed by atoms with Crippen LogP contribution in [-0.2, 0) is 53.9 Å². The third kappa shape index (κ3) is 7.03. The number of carbonyl (C=O) groups is 3. The molecule has 4 fully saturated rings. The molecule has 7 N–H and O–H groups in total. The van der Waals surface area contributed by atoms with E-state index in [0.717, 1.165) is 19.2 Å². The molecule has 4 aliphatic heterocycles. The largest absolute Gasteiger partial charge is 0.507 e. The van der Waals surface area contributed by atoms with Crippen LogP contribution in [0.25, 0.3) is 11.0 Å². The number of benzene rings is 2. The Hall–Kier alpha value is -4.22. The summed E-state index contributed by atoms with van der Waals surface area (Å²) in [6.45, 7) is 9.96. The van der Waals surface area contributed by atoms with Crippen LogP contribution in [0.1, 0.15) is 109 Å². The molecule has 1 aromatic heterocycles. The molecule has 348 valence electrons. The number of fused-ring (bicyclic) bond motifs is 4. The molecule has 64 heavy (non-hydrogen) atoms. The van der Waals surface area contributed by atoms with E-state index in [4.69, 9.17) is 48.0 Å². The van der Waals surface area contributed by atoms with Crippen molar-refractivity contribution in [3.63, 3.8) is 0 Å². The number of epoxide rings is 1. The van der Waals surface area contributed by atoms with Crippen LogP contribution >= 0.6 is 0 Å². The SMILES string of the molecule is COC(=O)[C@@](O)(c1cc2c(c3oc([C@]4(C)O[C@@H]4C)cc(=O)c13)C(=O)c1c(ccc([C@H]3C[C@](C)(N)[C@H](O[C@@H]4C[C@H](OC)[C@H](O)[C@@H](C)O4)[C@H](C)O3)c1O)C2=O)[C@H]1O[C@H](C)[C@@H](O)[C@@H](OC)[C@@H]1O. The lowest BCUT2D eigenvalue weighted by Gasteiger charge is -2.48. The van der Waals surface area contributed by atoms with E-state index in [0.29, 0.717) is 0 Å². The first-order valence-electron chi connectivity index (χ1n) is 21.2. The zero-order valence-corrected chi connectivity index (χ0v) is 36.8. The van der Waals surface area contributed by atoms with Crippen molar-refractivity contribution >= 4 is 28.5 Å². The number of ketones is 2. The van der Waals surface area contributed by atoms with Crippen LogP contribution < -0.4 is 11.2 Å². The Kier molecular flexibility index (Phi) is 11.8. The van der Waals surface area contributed by atoms with Gasteiger partial charge in [-0.15, -0.1) is 0 Å². The monoisotopic (exact) mass is 897 g/mol. The molecular formula is C45H55NO18. The Labute approximate surface area is 367 Å². The fourth-order valence-corrected chi connectivity index (χ4v) is 10.00. The van der Waals surface area contributed by atoms with Crippen LogP contribution in [0.5, 0.6) is 5.75 Å². The van der Waals surface area contributed by atoms with E-state index in [9.17, 15) is 39.9 Å². The lowest BCUT2D eigenvalue weighted by atomic mass is 9.74. The van der Waals surface area contributed by atoms with Gasteiger partial charge in [0.05, 0.1) is 60.2 Å². The quantitative estimate of drug-likeness (QED) is 0.102. The molecule has 0 unspecified atom stereocenters. The number of aromatic hydroxyl groups is 1. The highest BCUT2D eigenvalue weighted by Gasteiger charge is 2.60. The summed E-state index contributed by atoms with van der Waals surface area (Å²) >= 11 is 0. The normalized spacial score (nSPS) is 38.3. The third-order valence-corrected chi connectivity index (χ3v) is 13.9. The molecule has 0 spiro atoms. The second-order valence-electron chi connectivity index (χ2n) is 18.0. The Morgan fingerprint density at radius 2 is 1.53 bits per heavy atom. The number of nitrogens with two attached hydrogens (primary N) is 1. The van der Waals surface area contributed by atoms with Gasteiger partial charge in [-0.3, -0.25) is 14.4 Å². The van der Waals surface area contributed by atoms with Gasteiger partial charge in [0.15, 0.2) is 23.1 Å². The molecule has 19 heteroatoms. The molecule has 1 aliphatic carbocycles. The minimum Gasteiger partial charge on any atom is -0.507 e. The fraction of sp³-hybridized carbons (Fsp3) is 0.600. The second-order valence-corrected chi connectivity index (χ2v) is 18.0. The Morgan fingerprint density at radius 1 is 0.859 bits per heavy atom. The van der Waals surface area contributed by atoms with Gasteiger partial charge in [-0.2, -0.15) is 0 Å². The molecule has 2 aromatic carbocycles. The molecular weight excluding hydrogens is 842 g/mol. The lowest BCUT2D eigenvalue weighted by Crippen LogP contribution is -2.65. The maximum absolute atomic E-state index is 15.0. The number of carbonyl (C=O) groups excluding carboxylic acids is 3. The highest BCUT2D eigenvalue weighted by atomic mass is 16.7. The zero-order valence-electron chi connectivity index (χ0n) is 36.8. The van der Waals surface area contributed by atoms with Gasteiger partial charge in [0, 0.05) is 54.5 Å². The molecule has 3 aromatic rings. The number of hydrogen-bond acceptors (Lipinski definition) is 19. The molecule has 0 bridgehead atoms. The topological polar surface area (TPSA) is 286 Å². The zero-order chi connectivity index (χ0) is 46.7. The number of methoxy groups -OCH3 is 3. The van der Waals surface area contributed by atoms with Crippen LogP contribution in [0.2, 0.25) is 0 Å². The number of esters is 1. The minimum atomic E-state index is -3.11. The summed E-state index contributed by atoms with van der Waals surface area (Å²) in [5, 5.41) is 56.9. The first kappa shape index (κ1) is 46.3. The van der Waals surface area contributed by atoms with Crippen LogP contribution in [0.4, 0.5) is 0 Å². The lowest BCUT2D eigenvalue weighted by molar-refractivity contribution is -0.291. The van der Waals surface area contributed by atoms with Crippen molar-refractivity contribution in [1.29, 1.82) is 0 Å². The van der Waals surface area contributed by atoms with Gasteiger partial charge in [-0.1, -0.05) is 6.07 Å². The molecule has 0 radical (unpaired) electrons. The molecule has 4 saturated heterocycles. The first-order valence-corrected chi connectivity index (χ1v) is 21.2. The van der Waals surface area contributed by atoms with E-state index in [1.807, 2.05) is 0 Å². The molecule has 0 saturated carbocycles. The summed E-state index contributed by atoms with van der Waals surface area (Å²) in [7, 11) is 3.62. The van der Waals surface area contributed by atoms with Gasteiger partial charge < -0.3 is 73.6 Å². The number of hydrogen-bond donors (Lipinski definition) is 6. The number of phenolic OH excluding ortho intramolecular Hbond substituents is 1. The Morgan fingerprint density at radius 3 is 2.14 bits per heavy atom. The smallest absolute Gasteiger partial charge is 0.345 e. The average Bonchev–Trinajstić information content (AvgIpc) is 3.88. The van der Waals surface area contributed by atoms with Gasteiger partial charge in [-0.05, 0) is 60.1 Å². The highest BCUT2D eigenvalue weighted by Crippen LogP contribution is 2.50. The van der Waals surface area contributed by atoms with Gasteiger partial charge in [-0.25, -0.2) is 4.79 Å². The van der Waals surface area contributed by atoms with E-state index in [2.05, 4.69) is 0 Å². The van der Waals surface area contributed by atoms with Crippen molar-refractivity contribution in [1.82, 2.24) is 0 Å². The number of ether oxygens (including phenoxy) is 8. The summed E-state index contributed by atoms with van der Waals surface area (Å²) in [4.78, 5) is 58.1. The van der Waals surface area contributed by atoms with E-state index >= 15 is 4.79 Å². The summed E-state index contributed by atoms with van der Waals surface area (Å²) in [6.07, 6.45) is -13.2. The van der Waals surface area contributed by atoms with E-state index in [1.54, 1.807) is 34.6 Å². The van der Waals surface area contributed by atoms with Crippen molar-refractivity contribution in [3.8, 4) is 5.75 Å². The van der Waals surface area contributed by atoms with E-state index < -0.39 is 158 Å². The van der Waals surface area contributed by atoms with Crippen molar-refractivity contribution in [2.75, 3.05) is 21.3 Å². The van der Waals surface area contributed by atoms with Crippen molar-refractivity contribution in [3.05, 3.63) is 73.6 Å². The van der Waals surface area contributed by atoms with Gasteiger partial charge >= 0.3 is 5.97 Å². The van der Waals surface area contributed by atoms with E-state index in [-0.39, 0.29) is 29.7 Å². The van der Waals surface area contributed by atoms with Crippen LogP contribution in [-0.4, -0.2) is 143 Å². The van der Waals surface area contributed by atoms with E-state index in [1.165, 1.54) is 33.3 Å². The minimum absolute atomic E-state index is 0.0433. The summed E-state index contributed by atoms with van der Waals surface area (Å²) < 4.78 is 52.5.